The Balaban J connectivity index is 2.03. The van der Waals surface area contributed by atoms with Crippen molar-refractivity contribution in [3.63, 3.8) is 0 Å². The maximum Gasteiger partial charge on any atom is 0.342 e. The zero-order chi connectivity index (χ0) is 19.1. The van der Waals surface area contributed by atoms with Crippen molar-refractivity contribution in [3.8, 4) is 11.5 Å². The van der Waals surface area contributed by atoms with Gasteiger partial charge in [0.15, 0.2) is 6.10 Å². The van der Waals surface area contributed by atoms with Gasteiger partial charge in [-0.25, -0.2) is 4.79 Å². The quantitative estimate of drug-likeness (QED) is 0.771. The van der Waals surface area contributed by atoms with Crippen molar-refractivity contribution >= 4 is 11.9 Å². The molecule has 6 nitrogen and oxygen atoms in total. The van der Waals surface area contributed by atoms with E-state index in [2.05, 4.69) is 5.32 Å². The number of esters is 1. The van der Waals surface area contributed by atoms with Crippen LogP contribution in [0.15, 0.2) is 48.5 Å². The van der Waals surface area contributed by atoms with Gasteiger partial charge in [0.25, 0.3) is 5.91 Å². The number of carbonyl (C=O) groups excluding carboxylic acids is 2. The summed E-state index contributed by atoms with van der Waals surface area (Å²) in [7, 11) is 2.95. The molecule has 1 amide bonds. The molecule has 138 valence electrons. The molecule has 2 unspecified atom stereocenters. The van der Waals surface area contributed by atoms with E-state index >= 15 is 0 Å². The van der Waals surface area contributed by atoms with Crippen molar-refractivity contribution in [3.05, 3.63) is 59.7 Å². The molecule has 1 N–H and O–H groups in total. The third kappa shape index (κ3) is 4.75. The molecule has 0 fully saturated rings. The summed E-state index contributed by atoms with van der Waals surface area (Å²) >= 11 is 0. The van der Waals surface area contributed by atoms with E-state index in [0.717, 1.165) is 5.56 Å². The molecule has 0 saturated heterocycles. The third-order valence-corrected chi connectivity index (χ3v) is 3.94. The van der Waals surface area contributed by atoms with E-state index in [1.165, 1.54) is 27.2 Å². The zero-order valence-electron chi connectivity index (χ0n) is 15.3. The molecule has 2 rings (SSSR count). The first-order valence-corrected chi connectivity index (χ1v) is 8.24. The standard InChI is InChI=1S/C20H23NO5/c1-13(15-8-6-5-7-9-15)21-19(22)14(2)26-20(23)17-12-16(24-3)10-11-18(17)25-4/h5-14H,1-4H3,(H,21,22). The van der Waals surface area contributed by atoms with E-state index in [9.17, 15) is 9.59 Å². The molecule has 2 aromatic rings. The molecular formula is C20H23NO5. The SMILES string of the molecule is COc1ccc(OC)c(C(=O)OC(C)C(=O)NC(C)c2ccccc2)c1. The van der Waals surface area contributed by atoms with Crippen molar-refractivity contribution in [1.82, 2.24) is 5.32 Å². The van der Waals surface area contributed by atoms with Crippen LogP contribution in [-0.4, -0.2) is 32.2 Å². The van der Waals surface area contributed by atoms with Gasteiger partial charge in [0, 0.05) is 0 Å². The van der Waals surface area contributed by atoms with Crippen molar-refractivity contribution in [2.75, 3.05) is 14.2 Å². The molecule has 26 heavy (non-hydrogen) atoms. The maximum absolute atomic E-state index is 12.4. The first kappa shape index (κ1) is 19.3. The molecule has 0 saturated carbocycles. The van der Waals surface area contributed by atoms with Crippen LogP contribution in [0.1, 0.15) is 35.8 Å². The lowest BCUT2D eigenvalue weighted by Crippen LogP contribution is -2.37. The van der Waals surface area contributed by atoms with Gasteiger partial charge in [-0.3, -0.25) is 4.79 Å². The van der Waals surface area contributed by atoms with Gasteiger partial charge in [0.2, 0.25) is 0 Å². The van der Waals surface area contributed by atoms with Gasteiger partial charge in [0.1, 0.15) is 17.1 Å². The highest BCUT2D eigenvalue weighted by Gasteiger charge is 2.23. The van der Waals surface area contributed by atoms with E-state index in [1.54, 1.807) is 12.1 Å². The van der Waals surface area contributed by atoms with E-state index in [4.69, 9.17) is 14.2 Å². The van der Waals surface area contributed by atoms with Crippen LogP contribution in [0.4, 0.5) is 0 Å². The summed E-state index contributed by atoms with van der Waals surface area (Å²) in [6, 6.07) is 14.1. The van der Waals surface area contributed by atoms with Crippen molar-refractivity contribution < 1.29 is 23.8 Å². The van der Waals surface area contributed by atoms with E-state index < -0.39 is 12.1 Å². The molecule has 2 atom stereocenters. The lowest BCUT2D eigenvalue weighted by atomic mass is 10.1. The Morgan fingerprint density at radius 1 is 0.962 bits per heavy atom. The fraction of sp³-hybridized carbons (Fsp3) is 0.300. The summed E-state index contributed by atoms with van der Waals surface area (Å²) in [5.41, 5.74) is 1.16. The molecule has 0 spiro atoms. The largest absolute Gasteiger partial charge is 0.497 e. The highest BCUT2D eigenvalue weighted by molar-refractivity contribution is 5.95. The van der Waals surface area contributed by atoms with Crippen LogP contribution in [-0.2, 0) is 9.53 Å². The molecule has 0 aliphatic rings. The predicted molar refractivity (Wildman–Crippen MR) is 97.4 cm³/mol. The molecule has 6 heteroatoms. The topological polar surface area (TPSA) is 73.9 Å². The minimum Gasteiger partial charge on any atom is -0.497 e. The third-order valence-electron chi connectivity index (χ3n) is 3.94. The summed E-state index contributed by atoms with van der Waals surface area (Å²) in [6.45, 7) is 3.39. The average Bonchev–Trinajstić information content (AvgIpc) is 2.67. The smallest absolute Gasteiger partial charge is 0.342 e. The van der Waals surface area contributed by atoms with E-state index in [0.29, 0.717) is 11.5 Å². The van der Waals surface area contributed by atoms with Gasteiger partial charge < -0.3 is 19.5 Å². The van der Waals surface area contributed by atoms with Crippen LogP contribution in [0, 0.1) is 0 Å². The lowest BCUT2D eigenvalue weighted by Gasteiger charge is -2.19. The van der Waals surface area contributed by atoms with Crippen LogP contribution < -0.4 is 14.8 Å². The number of nitrogens with one attached hydrogen (secondary N) is 1. The minimum absolute atomic E-state index is 0.197. The van der Waals surface area contributed by atoms with Gasteiger partial charge in [0.05, 0.1) is 20.3 Å². The van der Waals surface area contributed by atoms with E-state index in [1.807, 2.05) is 37.3 Å². The normalized spacial score (nSPS) is 12.6. The van der Waals surface area contributed by atoms with Gasteiger partial charge in [-0.05, 0) is 37.6 Å². The zero-order valence-corrected chi connectivity index (χ0v) is 15.3. The summed E-state index contributed by atoms with van der Waals surface area (Å²) in [4.78, 5) is 24.8. The number of carbonyl (C=O) groups is 2. The molecule has 0 radical (unpaired) electrons. The van der Waals surface area contributed by atoms with Crippen LogP contribution in [0.3, 0.4) is 0 Å². The van der Waals surface area contributed by atoms with Gasteiger partial charge >= 0.3 is 5.97 Å². The highest BCUT2D eigenvalue weighted by Crippen LogP contribution is 2.25. The second kappa shape index (κ2) is 8.89. The summed E-state index contributed by atoms with van der Waals surface area (Å²) in [5, 5.41) is 2.83. The first-order valence-electron chi connectivity index (χ1n) is 8.24. The van der Waals surface area contributed by atoms with Gasteiger partial charge in [-0.1, -0.05) is 30.3 Å². The van der Waals surface area contributed by atoms with Crippen molar-refractivity contribution in [2.45, 2.75) is 26.0 Å². The minimum atomic E-state index is -0.954. The number of rotatable bonds is 7. The number of hydrogen-bond acceptors (Lipinski definition) is 5. The van der Waals surface area contributed by atoms with Crippen LogP contribution >= 0.6 is 0 Å². The van der Waals surface area contributed by atoms with E-state index in [-0.39, 0.29) is 17.5 Å². The Morgan fingerprint density at radius 3 is 2.27 bits per heavy atom. The Hall–Kier alpha value is -3.02. The molecule has 0 aliphatic heterocycles. The number of benzene rings is 2. The molecule has 0 heterocycles. The second-order valence-electron chi connectivity index (χ2n) is 5.75. The number of amides is 1. The monoisotopic (exact) mass is 357 g/mol. The fourth-order valence-electron chi connectivity index (χ4n) is 2.41. The first-order chi connectivity index (χ1) is 12.5. The molecule has 0 aromatic heterocycles. The Morgan fingerprint density at radius 2 is 1.65 bits per heavy atom. The average molecular weight is 357 g/mol. The van der Waals surface area contributed by atoms with Crippen molar-refractivity contribution in [1.29, 1.82) is 0 Å². The molecular weight excluding hydrogens is 334 g/mol. The van der Waals surface area contributed by atoms with Crippen LogP contribution in [0.2, 0.25) is 0 Å². The molecule has 2 aromatic carbocycles. The van der Waals surface area contributed by atoms with Crippen LogP contribution in [0.25, 0.3) is 0 Å². The van der Waals surface area contributed by atoms with Crippen molar-refractivity contribution in [2.24, 2.45) is 0 Å². The maximum atomic E-state index is 12.4. The Bertz CT molecular complexity index is 760. The molecule has 0 aliphatic carbocycles. The van der Waals surface area contributed by atoms with Gasteiger partial charge in [-0.15, -0.1) is 0 Å². The summed E-state index contributed by atoms with van der Waals surface area (Å²) in [6.07, 6.45) is -0.954. The molecule has 0 bridgehead atoms. The highest BCUT2D eigenvalue weighted by atomic mass is 16.5. The number of methoxy groups -OCH3 is 2. The summed E-state index contributed by atoms with van der Waals surface area (Å²) in [5.74, 6) is -0.194. The van der Waals surface area contributed by atoms with Crippen LogP contribution in [0.5, 0.6) is 11.5 Å². The lowest BCUT2D eigenvalue weighted by molar-refractivity contribution is -0.129. The predicted octanol–water partition coefficient (Wildman–Crippen LogP) is 3.13. The number of ether oxygens (including phenoxy) is 3. The number of hydrogen-bond donors (Lipinski definition) is 1. The van der Waals surface area contributed by atoms with Gasteiger partial charge in [-0.2, -0.15) is 0 Å². The Labute approximate surface area is 153 Å². The second-order valence-corrected chi connectivity index (χ2v) is 5.75. The fourth-order valence-corrected chi connectivity index (χ4v) is 2.41. The Kier molecular flexibility index (Phi) is 6.60. The summed E-state index contributed by atoms with van der Waals surface area (Å²) < 4.78 is 15.6.